The Morgan fingerprint density at radius 1 is 1.33 bits per heavy atom. The predicted octanol–water partition coefficient (Wildman–Crippen LogP) is 5.87. The molecule has 0 saturated carbocycles. The number of esters is 1. The summed E-state index contributed by atoms with van der Waals surface area (Å²) in [5.74, 6) is -0.600. The maximum atomic E-state index is 12.9. The van der Waals surface area contributed by atoms with E-state index in [2.05, 4.69) is 0 Å². The predicted molar refractivity (Wildman–Crippen MR) is 93.6 cm³/mol. The molecule has 0 aliphatic heterocycles. The average molecular weight is 398 g/mol. The molecule has 0 saturated heterocycles. The van der Waals surface area contributed by atoms with Crippen molar-refractivity contribution in [1.29, 1.82) is 5.26 Å². The van der Waals surface area contributed by atoms with E-state index in [1.807, 2.05) is 6.92 Å². The molecule has 0 aliphatic carbocycles. The van der Waals surface area contributed by atoms with E-state index < -0.39 is 17.7 Å². The van der Waals surface area contributed by atoms with E-state index in [0.717, 1.165) is 24.6 Å². The number of ether oxygens (including phenoxy) is 1. The van der Waals surface area contributed by atoms with Crippen molar-refractivity contribution >= 4 is 23.6 Å². The van der Waals surface area contributed by atoms with Crippen molar-refractivity contribution in [3.05, 3.63) is 52.3 Å². The van der Waals surface area contributed by atoms with E-state index in [1.54, 1.807) is 6.07 Å². The van der Waals surface area contributed by atoms with Gasteiger partial charge in [-0.1, -0.05) is 24.9 Å². The number of hydrogen-bond acceptors (Lipinski definition) is 4. The van der Waals surface area contributed by atoms with Gasteiger partial charge in [0.05, 0.1) is 17.2 Å². The minimum Gasteiger partial charge on any atom is -0.462 e. The molecule has 0 aliphatic rings. The molecule has 0 amide bonds. The molecule has 142 valence electrons. The summed E-state index contributed by atoms with van der Waals surface area (Å²) >= 11 is 5.98. The third-order valence-electron chi connectivity index (χ3n) is 3.54. The lowest BCUT2D eigenvalue weighted by atomic mass is 10.1. The van der Waals surface area contributed by atoms with E-state index in [9.17, 15) is 18.0 Å². The molecule has 4 nitrogen and oxygen atoms in total. The van der Waals surface area contributed by atoms with Crippen molar-refractivity contribution in [3.8, 4) is 17.4 Å². The zero-order valence-corrected chi connectivity index (χ0v) is 15.0. The van der Waals surface area contributed by atoms with Crippen molar-refractivity contribution in [2.75, 3.05) is 6.61 Å². The molecule has 0 spiro atoms. The molecule has 0 atom stereocenters. The molecule has 2 aromatic rings. The highest BCUT2D eigenvalue weighted by Crippen LogP contribution is 2.36. The van der Waals surface area contributed by atoms with Crippen LogP contribution in [0.15, 0.2) is 40.3 Å². The van der Waals surface area contributed by atoms with Gasteiger partial charge in [0.2, 0.25) is 0 Å². The monoisotopic (exact) mass is 397 g/mol. The molecule has 0 unspecified atom stereocenters. The standard InChI is InChI=1S/C19H15ClF3NO3/c1-2-3-8-26-18(25)12(11-24)9-14-5-7-17(27-14)15-10-13(19(21,22)23)4-6-16(15)20/h4-7,9-10H,2-3,8H2,1H3/b12-9+. The number of carbonyl (C=O) groups excluding carboxylic acids is 1. The summed E-state index contributed by atoms with van der Waals surface area (Å²) in [6.45, 7) is 2.12. The smallest absolute Gasteiger partial charge is 0.416 e. The van der Waals surface area contributed by atoms with E-state index in [4.69, 9.17) is 26.0 Å². The van der Waals surface area contributed by atoms with Gasteiger partial charge in [0, 0.05) is 11.6 Å². The van der Waals surface area contributed by atoms with E-state index in [-0.39, 0.29) is 34.3 Å². The lowest BCUT2D eigenvalue weighted by Gasteiger charge is -2.09. The Hall–Kier alpha value is -2.72. The van der Waals surface area contributed by atoms with Crippen LogP contribution in [0.25, 0.3) is 17.4 Å². The van der Waals surface area contributed by atoms with Crippen molar-refractivity contribution < 1.29 is 27.1 Å². The molecule has 1 aromatic heterocycles. The van der Waals surface area contributed by atoms with Crippen molar-refractivity contribution in [3.63, 3.8) is 0 Å². The van der Waals surface area contributed by atoms with Crippen LogP contribution in [0.3, 0.4) is 0 Å². The van der Waals surface area contributed by atoms with Crippen molar-refractivity contribution in [1.82, 2.24) is 0 Å². The number of hydrogen-bond donors (Lipinski definition) is 0. The zero-order chi connectivity index (χ0) is 20.0. The van der Waals surface area contributed by atoms with E-state index in [0.29, 0.717) is 6.42 Å². The first-order valence-corrected chi connectivity index (χ1v) is 8.40. The Morgan fingerprint density at radius 3 is 2.70 bits per heavy atom. The number of carbonyl (C=O) groups is 1. The van der Waals surface area contributed by atoms with Gasteiger partial charge in [0.15, 0.2) is 0 Å². The molecule has 8 heteroatoms. The van der Waals surface area contributed by atoms with Gasteiger partial charge in [-0.25, -0.2) is 4.79 Å². The molecule has 1 heterocycles. The van der Waals surface area contributed by atoms with Gasteiger partial charge in [-0.05, 0) is 36.8 Å². The van der Waals surface area contributed by atoms with Crippen LogP contribution >= 0.6 is 11.6 Å². The van der Waals surface area contributed by atoms with Crippen LogP contribution in [0.1, 0.15) is 31.1 Å². The molecular weight excluding hydrogens is 383 g/mol. The molecule has 0 N–H and O–H groups in total. The zero-order valence-electron chi connectivity index (χ0n) is 14.3. The van der Waals surface area contributed by atoms with Gasteiger partial charge in [0.1, 0.15) is 23.2 Å². The van der Waals surface area contributed by atoms with Crippen LogP contribution in [0, 0.1) is 11.3 Å². The van der Waals surface area contributed by atoms with Crippen molar-refractivity contribution in [2.24, 2.45) is 0 Å². The van der Waals surface area contributed by atoms with Gasteiger partial charge < -0.3 is 9.15 Å². The number of benzene rings is 1. The normalized spacial score (nSPS) is 11.9. The summed E-state index contributed by atoms with van der Waals surface area (Å²) in [7, 11) is 0. The molecular formula is C19H15ClF3NO3. The minimum absolute atomic E-state index is 0.0511. The van der Waals surface area contributed by atoms with Gasteiger partial charge >= 0.3 is 12.1 Å². The van der Waals surface area contributed by atoms with Crippen LogP contribution in [0.2, 0.25) is 5.02 Å². The van der Waals surface area contributed by atoms with Crippen LogP contribution in [-0.2, 0) is 15.7 Å². The maximum absolute atomic E-state index is 12.9. The number of rotatable bonds is 6. The second-order valence-corrected chi connectivity index (χ2v) is 5.96. The third-order valence-corrected chi connectivity index (χ3v) is 3.87. The first kappa shape index (κ1) is 20.6. The topological polar surface area (TPSA) is 63.2 Å². The lowest BCUT2D eigenvalue weighted by Crippen LogP contribution is -2.07. The summed E-state index contributed by atoms with van der Waals surface area (Å²) in [4.78, 5) is 11.8. The quantitative estimate of drug-likeness (QED) is 0.265. The van der Waals surface area contributed by atoms with Gasteiger partial charge in [-0.15, -0.1) is 0 Å². The summed E-state index contributed by atoms with van der Waals surface area (Å²) in [6.07, 6.45) is -1.86. The van der Waals surface area contributed by atoms with Crippen LogP contribution in [0.5, 0.6) is 0 Å². The van der Waals surface area contributed by atoms with Crippen LogP contribution < -0.4 is 0 Å². The Bertz CT molecular complexity index is 894. The number of nitrogens with zero attached hydrogens (tertiary/aromatic N) is 1. The minimum atomic E-state index is -4.52. The Kier molecular flexibility index (Phi) is 6.70. The Labute approximate surface area is 158 Å². The summed E-state index contributed by atoms with van der Waals surface area (Å²) in [5.41, 5.74) is -1.09. The Balaban J connectivity index is 2.28. The molecule has 0 fully saturated rings. The number of halogens is 4. The second-order valence-electron chi connectivity index (χ2n) is 5.55. The first-order valence-electron chi connectivity index (χ1n) is 8.02. The molecule has 1 aromatic carbocycles. The second kappa shape index (κ2) is 8.78. The highest BCUT2D eigenvalue weighted by atomic mass is 35.5. The lowest BCUT2D eigenvalue weighted by molar-refractivity contribution is -0.139. The molecule has 0 radical (unpaired) electrons. The highest BCUT2D eigenvalue weighted by molar-refractivity contribution is 6.33. The van der Waals surface area contributed by atoms with Crippen LogP contribution in [0.4, 0.5) is 13.2 Å². The fourth-order valence-electron chi connectivity index (χ4n) is 2.13. The van der Waals surface area contributed by atoms with E-state index >= 15 is 0 Å². The van der Waals surface area contributed by atoms with Gasteiger partial charge in [-0.3, -0.25) is 0 Å². The van der Waals surface area contributed by atoms with Crippen LogP contribution in [-0.4, -0.2) is 12.6 Å². The average Bonchev–Trinajstić information content (AvgIpc) is 3.07. The summed E-state index contributed by atoms with van der Waals surface area (Å²) in [6, 6.07) is 7.42. The Morgan fingerprint density at radius 2 is 2.07 bits per heavy atom. The van der Waals surface area contributed by atoms with E-state index in [1.165, 1.54) is 18.2 Å². The van der Waals surface area contributed by atoms with Gasteiger partial charge in [-0.2, -0.15) is 18.4 Å². The summed E-state index contributed by atoms with van der Waals surface area (Å²) < 4.78 is 49.0. The molecule has 27 heavy (non-hydrogen) atoms. The highest BCUT2D eigenvalue weighted by Gasteiger charge is 2.31. The SMILES string of the molecule is CCCCOC(=O)/C(C#N)=C/c1ccc(-c2cc(C(F)(F)F)ccc2Cl)o1. The first-order chi connectivity index (χ1) is 12.8. The number of alkyl halides is 3. The third kappa shape index (κ3) is 5.38. The fraction of sp³-hybridized carbons (Fsp3) is 0.263. The fourth-order valence-corrected chi connectivity index (χ4v) is 2.34. The number of nitriles is 1. The largest absolute Gasteiger partial charge is 0.462 e. The molecule has 2 rings (SSSR count). The number of unbranched alkanes of at least 4 members (excludes halogenated alkanes) is 1. The molecule has 0 bridgehead atoms. The van der Waals surface area contributed by atoms with Gasteiger partial charge in [0.25, 0.3) is 0 Å². The number of furan rings is 1. The summed E-state index contributed by atoms with van der Waals surface area (Å²) in [5, 5.41) is 9.18. The van der Waals surface area contributed by atoms with Crippen molar-refractivity contribution in [2.45, 2.75) is 25.9 Å². The maximum Gasteiger partial charge on any atom is 0.416 e.